The molecular weight excluding hydrogens is 180 g/mol. The van der Waals surface area contributed by atoms with Gasteiger partial charge in [-0.2, -0.15) is 0 Å². The predicted molar refractivity (Wildman–Crippen MR) is 53.3 cm³/mol. The standard InChI is InChI=1S/C10H12N2O2/c1-10(2,3)7-4-6-8(13)11-5-12-9(6)14-7/h4-5H,1-3H3,(H,11,12,13). The molecule has 0 bridgehead atoms. The van der Waals surface area contributed by atoms with Gasteiger partial charge < -0.3 is 9.40 Å². The molecule has 0 amide bonds. The largest absolute Gasteiger partial charge is 0.442 e. The van der Waals surface area contributed by atoms with E-state index in [1.165, 1.54) is 6.33 Å². The molecule has 0 saturated carbocycles. The molecule has 14 heavy (non-hydrogen) atoms. The van der Waals surface area contributed by atoms with Crippen LogP contribution in [0, 0.1) is 0 Å². The fourth-order valence-electron chi connectivity index (χ4n) is 1.24. The molecule has 0 spiro atoms. The molecule has 2 aromatic heterocycles. The summed E-state index contributed by atoms with van der Waals surface area (Å²) in [4.78, 5) is 17.8. The van der Waals surface area contributed by atoms with Crippen LogP contribution < -0.4 is 5.56 Å². The van der Waals surface area contributed by atoms with Crippen molar-refractivity contribution in [2.75, 3.05) is 0 Å². The fraction of sp³-hybridized carbons (Fsp3) is 0.400. The first-order chi connectivity index (χ1) is 6.48. The highest BCUT2D eigenvalue weighted by molar-refractivity contribution is 5.72. The maximum absolute atomic E-state index is 11.4. The average molecular weight is 192 g/mol. The third-order valence-electron chi connectivity index (χ3n) is 2.07. The second kappa shape index (κ2) is 2.70. The Morgan fingerprint density at radius 3 is 2.71 bits per heavy atom. The van der Waals surface area contributed by atoms with Gasteiger partial charge in [-0.25, -0.2) is 4.98 Å². The van der Waals surface area contributed by atoms with E-state index in [9.17, 15) is 4.79 Å². The van der Waals surface area contributed by atoms with Crippen LogP contribution in [0.4, 0.5) is 0 Å². The maximum atomic E-state index is 11.4. The second-order valence-electron chi connectivity index (χ2n) is 4.31. The first-order valence-electron chi connectivity index (χ1n) is 4.46. The lowest BCUT2D eigenvalue weighted by atomic mass is 9.93. The van der Waals surface area contributed by atoms with Gasteiger partial charge in [-0.3, -0.25) is 4.79 Å². The fourth-order valence-corrected chi connectivity index (χ4v) is 1.24. The lowest BCUT2D eigenvalue weighted by Crippen LogP contribution is -2.09. The van der Waals surface area contributed by atoms with Crippen LogP contribution in [0.15, 0.2) is 21.6 Å². The number of fused-ring (bicyclic) bond motifs is 1. The molecule has 0 unspecified atom stereocenters. The van der Waals surface area contributed by atoms with E-state index in [0.29, 0.717) is 11.1 Å². The molecule has 0 radical (unpaired) electrons. The zero-order valence-electron chi connectivity index (χ0n) is 8.42. The van der Waals surface area contributed by atoms with Gasteiger partial charge in [-0.1, -0.05) is 20.8 Å². The number of hydrogen-bond acceptors (Lipinski definition) is 3. The lowest BCUT2D eigenvalue weighted by Gasteiger charge is -2.13. The van der Waals surface area contributed by atoms with Crippen molar-refractivity contribution in [3.63, 3.8) is 0 Å². The Kier molecular flexibility index (Phi) is 1.74. The van der Waals surface area contributed by atoms with Crippen LogP contribution >= 0.6 is 0 Å². The second-order valence-corrected chi connectivity index (χ2v) is 4.31. The van der Waals surface area contributed by atoms with Gasteiger partial charge in [-0.15, -0.1) is 0 Å². The zero-order valence-corrected chi connectivity index (χ0v) is 8.42. The topological polar surface area (TPSA) is 58.9 Å². The van der Waals surface area contributed by atoms with E-state index >= 15 is 0 Å². The third kappa shape index (κ3) is 1.32. The quantitative estimate of drug-likeness (QED) is 0.692. The number of aromatic nitrogens is 2. The first-order valence-corrected chi connectivity index (χ1v) is 4.46. The van der Waals surface area contributed by atoms with E-state index in [1.54, 1.807) is 6.07 Å². The van der Waals surface area contributed by atoms with Crippen LogP contribution in [0.5, 0.6) is 0 Å². The van der Waals surface area contributed by atoms with Crippen molar-refractivity contribution in [3.05, 3.63) is 28.5 Å². The van der Waals surface area contributed by atoms with E-state index in [1.807, 2.05) is 20.8 Å². The monoisotopic (exact) mass is 192 g/mol. The lowest BCUT2D eigenvalue weighted by molar-refractivity contribution is 0.426. The molecule has 0 saturated heterocycles. The first kappa shape index (κ1) is 8.99. The van der Waals surface area contributed by atoms with E-state index in [2.05, 4.69) is 9.97 Å². The normalized spacial score (nSPS) is 12.2. The summed E-state index contributed by atoms with van der Waals surface area (Å²) >= 11 is 0. The van der Waals surface area contributed by atoms with E-state index in [4.69, 9.17) is 4.42 Å². The number of nitrogens with one attached hydrogen (secondary N) is 1. The number of furan rings is 1. The Bertz CT molecular complexity index is 517. The summed E-state index contributed by atoms with van der Waals surface area (Å²) in [6.45, 7) is 6.08. The van der Waals surface area contributed by atoms with Crippen LogP contribution in [0.2, 0.25) is 0 Å². The summed E-state index contributed by atoms with van der Waals surface area (Å²) in [5.41, 5.74) is 0.139. The van der Waals surface area contributed by atoms with E-state index < -0.39 is 0 Å². The van der Waals surface area contributed by atoms with Crippen molar-refractivity contribution in [1.29, 1.82) is 0 Å². The number of nitrogens with zero attached hydrogens (tertiary/aromatic N) is 1. The van der Waals surface area contributed by atoms with Crippen molar-refractivity contribution in [2.24, 2.45) is 0 Å². The zero-order chi connectivity index (χ0) is 10.3. The molecule has 0 aliphatic heterocycles. The third-order valence-corrected chi connectivity index (χ3v) is 2.07. The molecule has 2 aromatic rings. The Morgan fingerprint density at radius 1 is 1.43 bits per heavy atom. The summed E-state index contributed by atoms with van der Waals surface area (Å²) in [5.74, 6) is 0.775. The molecule has 0 aliphatic rings. The average Bonchev–Trinajstić information content (AvgIpc) is 2.48. The Balaban J connectivity index is 2.75. The summed E-state index contributed by atoms with van der Waals surface area (Å²) < 4.78 is 5.48. The molecule has 0 fully saturated rings. The van der Waals surface area contributed by atoms with E-state index in [0.717, 1.165) is 5.76 Å². The number of rotatable bonds is 0. The SMILES string of the molecule is CC(C)(C)c1cc2c(=O)[nH]cnc2o1. The summed E-state index contributed by atoms with van der Waals surface area (Å²) in [7, 11) is 0. The number of aromatic amines is 1. The molecule has 0 aliphatic carbocycles. The highest BCUT2D eigenvalue weighted by Crippen LogP contribution is 2.26. The number of hydrogen-bond donors (Lipinski definition) is 1. The van der Waals surface area contributed by atoms with Gasteiger partial charge >= 0.3 is 0 Å². The van der Waals surface area contributed by atoms with Crippen molar-refractivity contribution >= 4 is 11.1 Å². The van der Waals surface area contributed by atoms with Crippen molar-refractivity contribution in [1.82, 2.24) is 9.97 Å². The van der Waals surface area contributed by atoms with Gasteiger partial charge in [0.1, 0.15) is 11.1 Å². The molecule has 2 rings (SSSR count). The molecule has 4 nitrogen and oxygen atoms in total. The highest BCUT2D eigenvalue weighted by Gasteiger charge is 2.20. The van der Waals surface area contributed by atoms with Gasteiger partial charge in [-0.05, 0) is 6.07 Å². The Morgan fingerprint density at radius 2 is 2.14 bits per heavy atom. The molecule has 2 heterocycles. The van der Waals surface area contributed by atoms with Crippen LogP contribution in [-0.2, 0) is 5.41 Å². The summed E-state index contributed by atoms with van der Waals surface area (Å²) in [5, 5.41) is 0.512. The molecule has 0 atom stereocenters. The van der Waals surface area contributed by atoms with Crippen molar-refractivity contribution in [3.8, 4) is 0 Å². The smallest absolute Gasteiger partial charge is 0.261 e. The van der Waals surface area contributed by atoms with Gasteiger partial charge in [0.05, 0.1) is 6.33 Å². The minimum atomic E-state index is -0.158. The van der Waals surface area contributed by atoms with Gasteiger partial charge in [0, 0.05) is 5.41 Å². The number of H-pyrrole nitrogens is 1. The van der Waals surface area contributed by atoms with Crippen LogP contribution in [0.1, 0.15) is 26.5 Å². The Labute approximate surface area is 81.0 Å². The van der Waals surface area contributed by atoms with Crippen LogP contribution in [-0.4, -0.2) is 9.97 Å². The molecule has 4 heteroatoms. The summed E-state index contributed by atoms with van der Waals surface area (Å²) in [6.07, 6.45) is 1.35. The van der Waals surface area contributed by atoms with Crippen LogP contribution in [0.25, 0.3) is 11.1 Å². The molecule has 1 N–H and O–H groups in total. The van der Waals surface area contributed by atoms with Gasteiger partial charge in [0.25, 0.3) is 5.56 Å². The molecular formula is C10H12N2O2. The Hall–Kier alpha value is -1.58. The van der Waals surface area contributed by atoms with Crippen molar-refractivity contribution in [2.45, 2.75) is 26.2 Å². The van der Waals surface area contributed by atoms with E-state index in [-0.39, 0.29) is 11.0 Å². The summed E-state index contributed by atoms with van der Waals surface area (Å²) in [6, 6.07) is 1.75. The highest BCUT2D eigenvalue weighted by atomic mass is 16.3. The minimum Gasteiger partial charge on any atom is -0.442 e. The maximum Gasteiger partial charge on any atom is 0.261 e. The minimum absolute atomic E-state index is 0.104. The predicted octanol–water partition coefficient (Wildman–Crippen LogP) is 1.81. The van der Waals surface area contributed by atoms with Gasteiger partial charge in [0.2, 0.25) is 5.71 Å². The molecule has 74 valence electrons. The van der Waals surface area contributed by atoms with Crippen LogP contribution in [0.3, 0.4) is 0 Å². The molecule has 0 aromatic carbocycles. The van der Waals surface area contributed by atoms with Crippen molar-refractivity contribution < 1.29 is 4.42 Å². The van der Waals surface area contributed by atoms with Gasteiger partial charge in [0.15, 0.2) is 0 Å².